The first-order valence-corrected chi connectivity index (χ1v) is 8.20. The van der Waals surface area contributed by atoms with Crippen LogP contribution in [0.1, 0.15) is 6.92 Å². The Hall–Kier alpha value is -1.37. The van der Waals surface area contributed by atoms with E-state index in [1.807, 2.05) is 0 Å². The molecule has 0 aliphatic rings. The summed E-state index contributed by atoms with van der Waals surface area (Å²) in [6, 6.07) is 0. The predicted octanol–water partition coefficient (Wildman–Crippen LogP) is 2.34. The van der Waals surface area contributed by atoms with Crippen LogP contribution in [0.4, 0.5) is 26.3 Å². The number of halogens is 6. The van der Waals surface area contributed by atoms with Crippen LogP contribution in [0.3, 0.4) is 0 Å². The van der Waals surface area contributed by atoms with E-state index in [-0.39, 0.29) is 6.21 Å². The summed E-state index contributed by atoms with van der Waals surface area (Å²) < 4.78 is 114. The number of hydrogen-bond acceptors (Lipinski definition) is 5. The molecule has 0 amide bonds. The average molecular weight is 373 g/mol. The van der Waals surface area contributed by atoms with E-state index in [9.17, 15) is 43.2 Å². The standard InChI is InChI=1S/C9H9F6NO4S2/c1-2-3-4-5-6-16-7(21(17,18)8(10,11)12)22(19,20)9(13,14)15/h2-7H,1H3/b3-2-,5-4-,16-6+. The Labute approximate surface area is 121 Å². The summed E-state index contributed by atoms with van der Waals surface area (Å²) in [6.45, 7) is 1.53. The highest BCUT2D eigenvalue weighted by Gasteiger charge is 2.63. The van der Waals surface area contributed by atoms with Crippen molar-refractivity contribution >= 4 is 25.9 Å². The zero-order valence-corrected chi connectivity index (χ0v) is 12.3. The lowest BCUT2D eigenvalue weighted by molar-refractivity contribution is -0.0470. The molecule has 0 fully saturated rings. The Balaban J connectivity index is 6.07. The Morgan fingerprint density at radius 2 is 1.23 bits per heavy atom. The van der Waals surface area contributed by atoms with E-state index >= 15 is 0 Å². The molecule has 22 heavy (non-hydrogen) atoms. The fraction of sp³-hybridized carbons (Fsp3) is 0.444. The number of nitrogens with zero attached hydrogens (tertiary/aromatic N) is 1. The van der Waals surface area contributed by atoms with E-state index in [0.29, 0.717) is 0 Å². The molecule has 0 aromatic carbocycles. The van der Waals surface area contributed by atoms with Gasteiger partial charge in [0.25, 0.3) is 24.4 Å². The molecule has 0 N–H and O–H groups in total. The molecule has 0 aromatic rings. The van der Waals surface area contributed by atoms with Crippen LogP contribution in [0.2, 0.25) is 0 Å². The molecule has 0 unspecified atom stereocenters. The van der Waals surface area contributed by atoms with Gasteiger partial charge in [0.15, 0.2) is 0 Å². The summed E-state index contributed by atoms with van der Waals surface area (Å²) in [4.78, 5) is 2.41. The first kappa shape index (κ1) is 20.6. The lowest BCUT2D eigenvalue weighted by Crippen LogP contribution is -2.43. The monoisotopic (exact) mass is 373 g/mol. The molecule has 0 aromatic heterocycles. The van der Waals surface area contributed by atoms with Crippen molar-refractivity contribution < 1.29 is 43.2 Å². The second-order valence-electron chi connectivity index (χ2n) is 3.50. The molecule has 0 rings (SSSR count). The molecule has 0 aliphatic heterocycles. The third-order valence-electron chi connectivity index (χ3n) is 1.88. The Kier molecular flexibility index (Phi) is 6.39. The highest BCUT2D eigenvalue weighted by molar-refractivity contribution is 8.09. The van der Waals surface area contributed by atoms with Gasteiger partial charge in [-0.3, -0.25) is 4.99 Å². The highest BCUT2D eigenvalue weighted by atomic mass is 32.3. The van der Waals surface area contributed by atoms with E-state index in [1.54, 1.807) is 0 Å². The van der Waals surface area contributed by atoms with Crippen molar-refractivity contribution in [3.8, 4) is 0 Å². The van der Waals surface area contributed by atoms with E-state index in [0.717, 1.165) is 12.2 Å². The van der Waals surface area contributed by atoms with Gasteiger partial charge in [-0.15, -0.1) is 0 Å². The lowest BCUT2D eigenvalue weighted by atomic mass is 10.4. The minimum atomic E-state index is -6.73. The summed E-state index contributed by atoms with van der Waals surface area (Å²) in [5, 5.41) is 0. The summed E-state index contributed by atoms with van der Waals surface area (Å²) in [5.74, 6) is 0. The zero-order valence-electron chi connectivity index (χ0n) is 10.6. The largest absolute Gasteiger partial charge is 0.500 e. The number of hydrogen-bond donors (Lipinski definition) is 0. The third-order valence-corrected chi connectivity index (χ3v) is 6.00. The van der Waals surface area contributed by atoms with Crippen LogP contribution < -0.4 is 0 Å². The van der Waals surface area contributed by atoms with E-state index in [2.05, 4.69) is 4.99 Å². The van der Waals surface area contributed by atoms with Gasteiger partial charge in [0.1, 0.15) is 0 Å². The quantitative estimate of drug-likeness (QED) is 0.421. The number of allylic oxidation sites excluding steroid dienone is 4. The van der Waals surface area contributed by atoms with Crippen LogP contribution in [0.5, 0.6) is 0 Å². The fourth-order valence-electron chi connectivity index (χ4n) is 0.901. The molecule has 0 heterocycles. The van der Waals surface area contributed by atoms with Crippen molar-refractivity contribution in [2.45, 2.75) is 22.6 Å². The van der Waals surface area contributed by atoms with Gasteiger partial charge in [0.2, 0.25) is 0 Å². The van der Waals surface area contributed by atoms with Crippen LogP contribution in [0, 0.1) is 0 Å². The minimum absolute atomic E-state index is 0.219. The van der Waals surface area contributed by atoms with Gasteiger partial charge >= 0.3 is 11.0 Å². The number of alkyl halides is 6. The molecule has 128 valence electrons. The van der Waals surface area contributed by atoms with Crippen LogP contribution in [0.25, 0.3) is 0 Å². The molecule has 0 spiro atoms. The van der Waals surface area contributed by atoms with Gasteiger partial charge in [0, 0.05) is 6.21 Å². The molecule has 0 atom stereocenters. The molecule has 5 nitrogen and oxygen atoms in total. The van der Waals surface area contributed by atoms with Crippen LogP contribution in [0.15, 0.2) is 29.3 Å². The lowest BCUT2D eigenvalue weighted by Gasteiger charge is -2.17. The third kappa shape index (κ3) is 4.56. The molecule has 0 bridgehead atoms. The summed E-state index contributed by atoms with van der Waals surface area (Å²) >= 11 is 0. The highest BCUT2D eigenvalue weighted by Crippen LogP contribution is 2.36. The first-order chi connectivity index (χ1) is 9.69. The van der Waals surface area contributed by atoms with Gasteiger partial charge in [-0.25, -0.2) is 16.8 Å². The van der Waals surface area contributed by atoms with Gasteiger partial charge in [-0.1, -0.05) is 18.2 Å². The molecular weight excluding hydrogens is 364 g/mol. The molecule has 0 radical (unpaired) electrons. The molecule has 13 heteroatoms. The minimum Gasteiger partial charge on any atom is -0.257 e. The maximum atomic E-state index is 12.3. The maximum absolute atomic E-state index is 12.3. The van der Waals surface area contributed by atoms with E-state index < -0.39 is 35.4 Å². The normalized spacial score (nSPS) is 15.6. The Morgan fingerprint density at radius 1 is 0.818 bits per heavy atom. The zero-order chi connectivity index (χ0) is 17.8. The number of aliphatic imine (C=N–C) groups is 1. The first-order valence-electron chi connectivity index (χ1n) is 5.11. The van der Waals surface area contributed by atoms with Gasteiger partial charge in [-0.2, -0.15) is 26.3 Å². The molecule has 0 saturated heterocycles. The van der Waals surface area contributed by atoms with Crippen molar-refractivity contribution in [3.63, 3.8) is 0 Å². The second-order valence-corrected chi connectivity index (χ2v) is 7.79. The van der Waals surface area contributed by atoms with E-state index in [1.165, 1.54) is 19.1 Å². The van der Waals surface area contributed by atoms with Gasteiger partial charge < -0.3 is 0 Å². The van der Waals surface area contributed by atoms with Crippen molar-refractivity contribution in [1.29, 1.82) is 0 Å². The molecule has 0 aliphatic carbocycles. The average Bonchev–Trinajstić information content (AvgIpc) is 2.30. The van der Waals surface area contributed by atoms with Crippen LogP contribution in [-0.4, -0.2) is 38.8 Å². The molecule has 0 saturated carbocycles. The van der Waals surface area contributed by atoms with Crippen LogP contribution in [-0.2, 0) is 19.7 Å². The second kappa shape index (κ2) is 6.81. The summed E-state index contributed by atoms with van der Waals surface area (Å²) in [6.07, 6.45) is 4.79. The van der Waals surface area contributed by atoms with Crippen LogP contribution >= 0.6 is 0 Å². The Morgan fingerprint density at radius 3 is 1.55 bits per heavy atom. The fourth-order valence-corrected chi connectivity index (χ4v) is 3.81. The van der Waals surface area contributed by atoms with Crippen molar-refractivity contribution in [2.24, 2.45) is 4.99 Å². The smallest absolute Gasteiger partial charge is 0.257 e. The number of rotatable bonds is 5. The van der Waals surface area contributed by atoms with Crippen molar-refractivity contribution in [1.82, 2.24) is 0 Å². The molecular formula is C9H9F6NO4S2. The van der Waals surface area contributed by atoms with Crippen molar-refractivity contribution in [3.05, 3.63) is 24.3 Å². The van der Waals surface area contributed by atoms with E-state index in [4.69, 9.17) is 0 Å². The Bertz CT molecular complexity index is 626. The summed E-state index contributed by atoms with van der Waals surface area (Å²) in [7, 11) is -13.5. The SMILES string of the molecule is C\C=C/C=C\C=N\C(S(=O)(=O)C(F)(F)F)S(=O)(=O)C(F)(F)F. The predicted molar refractivity (Wildman–Crippen MR) is 66.2 cm³/mol. The number of sulfone groups is 2. The van der Waals surface area contributed by atoms with Crippen molar-refractivity contribution in [2.75, 3.05) is 0 Å². The topological polar surface area (TPSA) is 80.6 Å². The van der Waals surface area contributed by atoms with Gasteiger partial charge in [0.05, 0.1) is 0 Å². The summed E-state index contributed by atoms with van der Waals surface area (Å²) in [5.41, 5.74) is -12.4. The van der Waals surface area contributed by atoms with Gasteiger partial charge in [-0.05, 0) is 13.0 Å². The maximum Gasteiger partial charge on any atom is 0.500 e.